The zero-order chi connectivity index (χ0) is 19.3. The summed E-state index contributed by atoms with van der Waals surface area (Å²) in [7, 11) is 4.23. The van der Waals surface area contributed by atoms with Gasteiger partial charge in [-0.05, 0) is 57.1 Å². The van der Waals surface area contributed by atoms with Crippen molar-refractivity contribution in [1.82, 2.24) is 9.80 Å². The van der Waals surface area contributed by atoms with E-state index in [4.69, 9.17) is 5.73 Å². The summed E-state index contributed by atoms with van der Waals surface area (Å²) in [6, 6.07) is 21.3. The molecule has 1 heterocycles. The number of carbonyl (C=O) groups is 1. The zero-order valence-corrected chi connectivity index (χ0v) is 16.5. The lowest BCUT2D eigenvalue weighted by Gasteiger charge is -2.44. The van der Waals surface area contributed by atoms with E-state index in [0.717, 1.165) is 32.5 Å². The van der Waals surface area contributed by atoms with E-state index in [2.05, 4.69) is 84.6 Å². The summed E-state index contributed by atoms with van der Waals surface area (Å²) in [5.74, 6) is -0.0365. The lowest BCUT2D eigenvalue weighted by atomic mass is 9.72. The zero-order valence-electron chi connectivity index (χ0n) is 16.5. The number of nitrogens with two attached hydrogens (primary N) is 1. The van der Waals surface area contributed by atoms with Gasteiger partial charge in [0.2, 0.25) is 5.91 Å². The molecular formula is C23H31N3O. The van der Waals surface area contributed by atoms with Crippen molar-refractivity contribution in [2.75, 3.05) is 33.7 Å². The second-order valence-electron chi connectivity index (χ2n) is 7.80. The van der Waals surface area contributed by atoms with Crippen LogP contribution in [0.2, 0.25) is 0 Å². The van der Waals surface area contributed by atoms with Gasteiger partial charge in [0.15, 0.2) is 0 Å². The van der Waals surface area contributed by atoms with E-state index < -0.39 is 0 Å². The summed E-state index contributed by atoms with van der Waals surface area (Å²) in [6.07, 6.45) is 2.49. The Kier molecular flexibility index (Phi) is 6.30. The van der Waals surface area contributed by atoms with E-state index in [1.165, 1.54) is 11.1 Å². The standard InChI is InChI=1S/C23H31N3O/c1-25(2)15-9-16-26-17-14-21(18-22(24)27)23(26,19-10-5-3-6-11-19)20-12-7-4-8-13-20/h3-8,10-13,21H,9,14-18H2,1-2H3,(H2,24,27). The molecule has 0 saturated carbocycles. The Labute approximate surface area is 163 Å². The Bertz CT molecular complexity index is 690. The third kappa shape index (κ3) is 4.07. The molecule has 4 heteroatoms. The first-order chi connectivity index (χ1) is 13.0. The topological polar surface area (TPSA) is 49.6 Å². The summed E-state index contributed by atoms with van der Waals surface area (Å²) >= 11 is 0. The maximum Gasteiger partial charge on any atom is 0.217 e. The average Bonchev–Trinajstić information content (AvgIpc) is 3.01. The number of likely N-dealkylation sites (tertiary alicyclic amines) is 1. The highest BCUT2D eigenvalue weighted by Crippen LogP contribution is 2.49. The maximum absolute atomic E-state index is 11.9. The van der Waals surface area contributed by atoms with Crippen LogP contribution < -0.4 is 5.73 Å². The molecule has 1 aliphatic heterocycles. The Morgan fingerprint density at radius 3 is 2.11 bits per heavy atom. The highest BCUT2D eigenvalue weighted by molar-refractivity contribution is 5.74. The second kappa shape index (κ2) is 8.68. The smallest absolute Gasteiger partial charge is 0.217 e. The van der Waals surface area contributed by atoms with Crippen LogP contribution in [0.25, 0.3) is 0 Å². The van der Waals surface area contributed by atoms with Gasteiger partial charge in [-0.3, -0.25) is 9.69 Å². The summed E-state index contributed by atoms with van der Waals surface area (Å²) in [6.45, 7) is 3.03. The van der Waals surface area contributed by atoms with Gasteiger partial charge < -0.3 is 10.6 Å². The first-order valence-corrected chi connectivity index (χ1v) is 9.84. The fourth-order valence-corrected chi connectivity index (χ4v) is 4.70. The van der Waals surface area contributed by atoms with Gasteiger partial charge in [0.05, 0.1) is 5.54 Å². The third-order valence-electron chi connectivity index (χ3n) is 5.75. The van der Waals surface area contributed by atoms with Gasteiger partial charge in [0, 0.05) is 13.0 Å². The maximum atomic E-state index is 11.9. The molecule has 2 aromatic rings. The normalized spacial score (nSPS) is 19.4. The molecule has 1 saturated heterocycles. The second-order valence-corrected chi connectivity index (χ2v) is 7.80. The minimum absolute atomic E-state index is 0.180. The average molecular weight is 366 g/mol. The first-order valence-electron chi connectivity index (χ1n) is 9.84. The van der Waals surface area contributed by atoms with Crippen molar-refractivity contribution in [3.05, 3.63) is 71.8 Å². The Morgan fingerprint density at radius 2 is 1.63 bits per heavy atom. The molecule has 0 spiro atoms. The summed E-state index contributed by atoms with van der Waals surface area (Å²) in [4.78, 5) is 16.7. The number of nitrogens with zero attached hydrogens (tertiary/aromatic N) is 2. The molecule has 0 radical (unpaired) electrons. The molecule has 0 bridgehead atoms. The molecule has 144 valence electrons. The fraction of sp³-hybridized carbons (Fsp3) is 0.435. The lowest BCUT2D eigenvalue weighted by Crippen LogP contribution is -2.48. The number of primary amides is 1. The van der Waals surface area contributed by atoms with Gasteiger partial charge in [0.25, 0.3) is 0 Å². The molecule has 1 aliphatic rings. The molecule has 4 nitrogen and oxygen atoms in total. The molecule has 3 rings (SSSR count). The van der Waals surface area contributed by atoms with Crippen molar-refractivity contribution < 1.29 is 4.79 Å². The Hall–Kier alpha value is -2.17. The number of hydrogen-bond acceptors (Lipinski definition) is 3. The number of benzene rings is 2. The van der Waals surface area contributed by atoms with E-state index in [0.29, 0.717) is 6.42 Å². The van der Waals surface area contributed by atoms with Crippen LogP contribution in [0.1, 0.15) is 30.4 Å². The number of amides is 1. The van der Waals surface area contributed by atoms with Crippen LogP contribution in [0.4, 0.5) is 0 Å². The van der Waals surface area contributed by atoms with E-state index in [9.17, 15) is 4.79 Å². The van der Waals surface area contributed by atoms with Crippen LogP contribution in [-0.4, -0.2) is 49.4 Å². The quantitative estimate of drug-likeness (QED) is 0.782. The van der Waals surface area contributed by atoms with Gasteiger partial charge in [-0.2, -0.15) is 0 Å². The summed E-state index contributed by atoms with van der Waals surface area (Å²) < 4.78 is 0. The van der Waals surface area contributed by atoms with Gasteiger partial charge in [-0.1, -0.05) is 60.7 Å². The van der Waals surface area contributed by atoms with Crippen LogP contribution in [0.5, 0.6) is 0 Å². The Balaban J connectivity index is 2.08. The molecule has 1 amide bonds. The van der Waals surface area contributed by atoms with E-state index in [1.54, 1.807) is 0 Å². The highest BCUT2D eigenvalue weighted by atomic mass is 16.1. The SMILES string of the molecule is CN(C)CCCN1CCC(CC(N)=O)C1(c1ccccc1)c1ccccc1. The third-order valence-corrected chi connectivity index (χ3v) is 5.75. The van der Waals surface area contributed by atoms with Gasteiger partial charge >= 0.3 is 0 Å². The predicted octanol–water partition coefficient (Wildman–Crippen LogP) is 3.08. The van der Waals surface area contributed by atoms with Crippen molar-refractivity contribution in [2.45, 2.75) is 24.8 Å². The molecule has 27 heavy (non-hydrogen) atoms. The van der Waals surface area contributed by atoms with E-state index in [1.807, 2.05) is 0 Å². The molecule has 1 fully saturated rings. The van der Waals surface area contributed by atoms with Crippen LogP contribution >= 0.6 is 0 Å². The molecule has 0 aliphatic carbocycles. The lowest BCUT2D eigenvalue weighted by molar-refractivity contribution is -0.119. The molecule has 0 aromatic heterocycles. The van der Waals surface area contributed by atoms with Crippen LogP contribution in [0.15, 0.2) is 60.7 Å². The summed E-state index contributed by atoms with van der Waals surface area (Å²) in [5.41, 5.74) is 7.88. The van der Waals surface area contributed by atoms with Crippen molar-refractivity contribution in [3.63, 3.8) is 0 Å². The highest BCUT2D eigenvalue weighted by Gasteiger charge is 2.50. The van der Waals surface area contributed by atoms with Gasteiger partial charge in [-0.25, -0.2) is 0 Å². The van der Waals surface area contributed by atoms with Crippen LogP contribution in [0, 0.1) is 5.92 Å². The van der Waals surface area contributed by atoms with Crippen molar-refractivity contribution in [3.8, 4) is 0 Å². The van der Waals surface area contributed by atoms with Crippen LogP contribution in [0.3, 0.4) is 0 Å². The number of hydrogen-bond donors (Lipinski definition) is 1. The monoisotopic (exact) mass is 365 g/mol. The largest absolute Gasteiger partial charge is 0.370 e. The van der Waals surface area contributed by atoms with E-state index in [-0.39, 0.29) is 17.4 Å². The molecule has 2 N–H and O–H groups in total. The molecule has 1 unspecified atom stereocenters. The Morgan fingerprint density at radius 1 is 1.07 bits per heavy atom. The van der Waals surface area contributed by atoms with Gasteiger partial charge in [0.1, 0.15) is 0 Å². The first kappa shape index (κ1) is 19.6. The van der Waals surface area contributed by atoms with Crippen molar-refractivity contribution >= 4 is 5.91 Å². The number of rotatable bonds is 8. The number of carbonyl (C=O) groups excluding carboxylic acids is 1. The minimum atomic E-state index is -0.302. The predicted molar refractivity (Wildman–Crippen MR) is 110 cm³/mol. The molecule has 2 aromatic carbocycles. The minimum Gasteiger partial charge on any atom is -0.370 e. The van der Waals surface area contributed by atoms with Gasteiger partial charge in [-0.15, -0.1) is 0 Å². The van der Waals surface area contributed by atoms with Crippen LogP contribution in [-0.2, 0) is 10.3 Å². The van der Waals surface area contributed by atoms with Crippen molar-refractivity contribution in [2.24, 2.45) is 11.7 Å². The summed E-state index contributed by atoms with van der Waals surface area (Å²) in [5, 5.41) is 0. The fourth-order valence-electron chi connectivity index (χ4n) is 4.70. The van der Waals surface area contributed by atoms with E-state index >= 15 is 0 Å². The van der Waals surface area contributed by atoms with Crippen molar-refractivity contribution in [1.29, 1.82) is 0 Å². The molecular weight excluding hydrogens is 334 g/mol. The molecule has 1 atom stereocenters.